The zero-order valence-electron chi connectivity index (χ0n) is 12.5. The summed E-state index contributed by atoms with van der Waals surface area (Å²) in [7, 11) is 0. The quantitative estimate of drug-likeness (QED) is 0.734. The molecule has 0 saturated heterocycles. The molecule has 3 rings (SSSR count). The molecule has 0 radical (unpaired) electrons. The Balaban J connectivity index is 1.56. The molecule has 1 aliphatic carbocycles. The summed E-state index contributed by atoms with van der Waals surface area (Å²) in [6.07, 6.45) is 4.44. The maximum absolute atomic E-state index is 12.4. The first-order valence-electron chi connectivity index (χ1n) is 7.84. The van der Waals surface area contributed by atoms with Crippen LogP contribution in [0.5, 0.6) is 0 Å². The third-order valence-electron chi connectivity index (χ3n) is 4.45. The molecular formula is C19H20INO. The average molecular weight is 405 g/mol. The van der Waals surface area contributed by atoms with Crippen LogP contribution in [-0.2, 0) is 0 Å². The fourth-order valence-corrected chi connectivity index (χ4v) is 3.84. The maximum Gasteiger partial charge on any atom is 0.252 e. The molecule has 22 heavy (non-hydrogen) atoms. The van der Waals surface area contributed by atoms with E-state index in [2.05, 4.69) is 58.2 Å². The van der Waals surface area contributed by atoms with Crippen molar-refractivity contribution < 1.29 is 4.79 Å². The first kappa shape index (κ1) is 15.5. The predicted molar refractivity (Wildman–Crippen MR) is 98.1 cm³/mol. The molecule has 0 aliphatic heterocycles. The Morgan fingerprint density at radius 1 is 0.909 bits per heavy atom. The highest BCUT2D eigenvalue weighted by atomic mass is 127. The minimum absolute atomic E-state index is 0.0631. The van der Waals surface area contributed by atoms with Gasteiger partial charge in [0.1, 0.15) is 0 Å². The van der Waals surface area contributed by atoms with Crippen molar-refractivity contribution in [2.24, 2.45) is 0 Å². The molecule has 1 amide bonds. The Hall–Kier alpha value is -1.36. The molecule has 0 atom stereocenters. The van der Waals surface area contributed by atoms with Crippen LogP contribution in [-0.4, -0.2) is 11.9 Å². The largest absolute Gasteiger partial charge is 0.349 e. The first-order valence-corrected chi connectivity index (χ1v) is 8.92. The molecule has 1 saturated carbocycles. The lowest BCUT2D eigenvalue weighted by molar-refractivity contribution is 0.0925. The molecule has 0 bridgehead atoms. The number of benzene rings is 2. The molecule has 3 heteroatoms. The number of carbonyl (C=O) groups is 1. The highest BCUT2D eigenvalue weighted by Gasteiger charge is 2.24. The molecule has 1 aliphatic rings. The molecular weight excluding hydrogens is 385 g/mol. The minimum atomic E-state index is 0.0631. The van der Waals surface area contributed by atoms with E-state index in [0.717, 1.165) is 34.8 Å². The van der Waals surface area contributed by atoms with Crippen molar-refractivity contribution in [2.75, 3.05) is 0 Å². The molecule has 0 aromatic heterocycles. The fraction of sp³-hybridized carbons (Fsp3) is 0.316. The molecule has 1 fully saturated rings. The number of carbonyl (C=O) groups excluding carboxylic acids is 1. The van der Waals surface area contributed by atoms with Crippen LogP contribution >= 0.6 is 22.6 Å². The third kappa shape index (κ3) is 3.69. The third-order valence-corrected chi connectivity index (χ3v) is 5.39. The van der Waals surface area contributed by atoms with Crippen LogP contribution in [0.25, 0.3) is 0 Å². The average Bonchev–Trinajstić information content (AvgIpc) is 2.57. The lowest BCUT2D eigenvalue weighted by Gasteiger charge is -2.29. The summed E-state index contributed by atoms with van der Waals surface area (Å²) in [5.74, 6) is 0.708. The standard InChI is InChI=1S/C19H20INO/c20-18-9-5-4-8-17(18)19(22)21-16-12-10-15(11-13-16)14-6-2-1-3-7-14/h1-9,15-16H,10-13H2,(H,21,22). The van der Waals surface area contributed by atoms with Crippen molar-refractivity contribution >= 4 is 28.5 Å². The van der Waals surface area contributed by atoms with Crippen LogP contribution in [0.2, 0.25) is 0 Å². The second-order valence-electron chi connectivity index (χ2n) is 5.91. The number of hydrogen-bond donors (Lipinski definition) is 1. The van der Waals surface area contributed by atoms with Crippen LogP contribution in [0.1, 0.15) is 47.5 Å². The van der Waals surface area contributed by atoms with E-state index in [1.54, 1.807) is 0 Å². The van der Waals surface area contributed by atoms with Gasteiger partial charge in [0.25, 0.3) is 5.91 Å². The molecule has 1 N–H and O–H groups in total. The Bertz CT molecular complexity index is 633. The van der Waals surface area contributed by atoms with Crippen LogP contribution in [0, 0.1) is 3.57 Å². The van der Waals surface area contributed by atoms with Crippen LogP contribution < -0.4 is 5.32 Å². The Morgan fingerprint density at radius 2 is 1.55 bits per heavy atom. The van der Waals surface area contributed by atoms with E-state index in [1.165, 1.54) is 5.56 Å². The van der Waals surface area contributed by atoms with Gasteiger partial charge in [-0.1, -0.05) is 42.5 Å². The van der Waals surface area contributed by atoms with Crippen LogP contribution in [0.3, 0.4) is 0 Å². The predicted octanol–water partition coefficient (Wildman–Crippen LogP) is 4.75. The van der Waals surface area contributed by atoms with Gasteiger partial charge in [0.05, 0.1) is 5.56 Å². The summed E-state index contributed by atoms with van der Waals surface area (Å²) in [5, 5.41) is 3.20. The lowest BCUT2D eigenvalue weighted by Crippen LogP contribution is -2.37. The molecule has 114 valence electrons. The van der Waals surface area contributed by atoms with E-state index in [0.29, 0.717) is 12.0 Å². The topological polar surface area (TPSA) is 29.1 Å². The zero-order chi connectivity index (χ0) is 15.4. The molecule has 2 aromatic carbocycles. The van der Waals surface area contributed by atoms with Gasteiger partial charge >= 0.3 is 0 Å². The lowest BCUT2D eigenvalue weighted by atomic mass is 9.82. The van der Waals surface area contributed by atoms with Gasteiger partial charge in [-0.3, -0.25) is 4.79 Å². The van der Waals surface area contributed by atoms with Crippen LogP contribution in [0.4, 0.5) is 0 Å². The Kier molecular flexibility index (Phi) is 5.13. The second-order valence-corrected chi connectivity index (χ2v) is 7.07. The van der Waals surface area contributed by atoms with E-state index < -0.39 is 0 Å². The Labute approximate surface area is 145 Å². The highest BCUT2D eigenvalue weighted by Crippen LogP contribution is 2.32. The van der Waals surface area contributed by atoms with Gasteiger partial charge in [-0.25, -0.2) is 0 Å². The highest BCUT2D eigenvalue weighted by molar-refractivity contribution is 14.1. The van der Waals surface area contributed by atoms with Crippen molar-refractivity contribution in [3.8, 4) is 0 Å². The van der Waals surface area contributed by atoms with E-state index >= 15 is 0 Å². The van der Waals surface area contributed by atoms with Crippen LogP contribution in [0.15, 0.2) is 54.6 Å². The Morgan fingerprint density at radius 3 is 2.23 bits per heavy atom. The molecule has 2 aromatic rings. The second kappa shape index (κ2) is 7.27. The fourth-order valence-electron chi connectivity index (χ4n) is 3.20. The van der Waals surface area contributed by atoms with Crippen molar-refractivity contribution in [1.29, 1.82) is 0 Å². The minimum Gasteiger partial charge on any atom is -0.349 e. The number of hydrogen-bond acceptors (Lipinski definition) is 1. The molecule has 0 spiro atoms. The maximum atomic E-state index is 12.4. The normalized spacial score (nSPS) is 21.3. The van der Waals surface area contributed by atoms with E-state index in [9.17, 15) is 4.79 Å². The summed E-state index contributed by atoms with van der Waals surface area (Å²) in [6.45, 7) is 0. The van der Waals surface area contributed by atoms with Crippen molar-refractivity contribution in [3.63, 3.8) is 0 Å². The van der Waals surface area contributed by atoms with Gasteiger partial charge in [-0.15, -0.1) is 0 Å². The summed E-state index contributed by atoms with van der Waals surface area (Å²) in [6, 6.07) is 18.8. The van der Waals surface area contributed by atoms with E-state index in [4.69, 9.17) is 0 Å². The summed E-state index contributed by atoms with van der Waals surface area (Å²) in [5.41, 5.74) is 2.22. The zero-order valence-corrected chi connectivity index (χ0v) is 14.6. The molecule has 0 heterocycles. The van der Waals surface area contributed by atoms with E-state index in [1.807, 2.05) is 24.3 Å². The van der Waals surface area contributed by atoms with Crippen molar-refractivity contribution in [3.05, 3.63) is 69.3 Å². The monoisotopic (exact) mass is 405 g/mol. The van der Waals surface area contributed by atoms with Gasteiger partial charge in [-0.2, -0.15) is 0 Å². The van der Waals surface area contributed by atoms with Gasteiger partial charge in [0.2, 0.25) is 0 Å². The number of rotatable bonds is 3. The van der Waals surface area contributed by atoms with Crippen molar-refractivity contribution in [2.45, 2.75) is 37.6 Å². The van der Waals surface area contributed by atoms with Gasteiger partial charge in [0, 0.05) is 9.61 Å². The summed E-state index contributed by atoms with van der Waals surface area (Å²) in [4.78, 5) is 12.4. The number of nitrogens with one attached hydrogen (secondary N) is 1. The van der Waals surface area contributed by atoms with Gasteiger partial charge in [-0.05, 0) is 71.9 Å². The SMILES string of the molecule is O=C(NC1CCC(c2ccccc2)CC1)c1ccccc1I. The van der Waals surface area contributed by atoms with Gasteiger partial charge < -0.3 is 5.32 Å². The number of halogens is 1. The smallest absolute Gasteiger partial charge is 0.252 e. The molecule has 2 nitrogen and oxygen atoms in total. The summed E-state index contributed by atoms with van der Waals surface area (Å²) < 4.78 is 1.01. The van der Waals surface area contributed by atoms with Crippen molar-refractivity contribution in [1.82, 2.24) is 5.32 Å². The van der Waals surface area contributed by atoms with Gasteiger partial charge in [0.15, 0.2) is 0 Å². The number of amides is 1. The van der Waals surface area contributed by atoms with E-state index in [-0.39, 0.29) is 5.91 Å². The summed E-state index contributed by atoms with van der Waals surface area (Å²) >= 11 is 2.22. The molecule has 0 unspecified atom stereocenters. The first-order chi connectivity index (χ1) is 10.7.